The van der Waals surface area contributed by atoms with Crippen LogP contribution in [0.2, 0.25) is 5.02 Å². The number of nitrogens with zero attached hydrogens (tertiary/aromatic N) is 1. The van der Waals surface area contributed by atoms with Gasteiger partial charge in [0.15, 0.2) is 5.78 Å². The fourth-order valence-corrected chi connectivity index (χ4v) is 4.76. The molecule has 0 saturated heterocycles. The normalized spacial score (nSPS) is 16.5. The maximum atomic E-state index is 14.1. The summed E-state index contributed by atoms with van der Waals surface area (Å²) in [6.45, 7) is 1.51. The SMILES string of the molecule is CCOC(=O)CC1(O)C(=O)C(C(=O)c2ccc(OC)cc2)=C(c2ccc(OC)cc2)N1c1ccc(Cl)cc1C(=O)O. The monoisotopic (exact) mass is 579 g/mol. The van der Waals surface area contributed by atoms with E-state index in [1.165, 1.54) is 50.6 Å². The largest absolute Gasteiger partial charge is 0.497 e. The van der Waals surface area contributed by atoms with Crippen LogP contribution in [0.1, 0.15) is 39.6 Å². The van der Waals surface area contributed by atoms with Gasteiger partial charge >= 0.3 is 11.9 Å². The number of aliphatic hydroxyl groups is 1. The lowest BCUT2D eigenvalue weighted by Gasteiger charge is -2.36. The quantitative estimate of drug-likeness (QED) is 0.202. The van der Waals surface area contributed by atoms with Crippen molar-refractivity contribution in [2.24, 2.45) is 0 Å². The van der Waals surface area contributed by atoms with Gasteiger partial charge in [-0.3, -0.25) is 14.4 Å². The number of carbonyl (C=O) groups excluding carboxylic acids is 3. The van der Waals surface area contributed by atoms with Crippen LogP contribution in [-0.2, 0) is 14.3 Å². The summed E-state index contributed by atoms with van der Waals surface area (Å²) in [7, 11) is 2.92. The molecule has 0 aromatic heterocycles. The minimum Gasteiger partial charge on any atom is -0.497 e. The number of rotatable bonds is 10. The predicted molar refractivity (Wildman–Crippen MR) is 149 cm³/mol. The maximum absolute atomic E-state index is 14.1. The molecular weight excluding hydrogens is 554 g/mol. The minimum absolute atomic E-state index is 0.0408. The highest BCUT2D eigenvalue weighted by Crippen LogP contribution is 2.46. The number of carbonyl (C=O) groups is 4. The fourth-order valence-electron chi connectivity index (χ4n) is 4.59. The Hall–Kier alpha value is -4.67. The van der Waals surface area contributed by atoms with Crippen molar-refractivity contribution in [1.29, 1.82) is 0 Å². The van der Waals surface area contributed by atoms with E-state index in [-0.39, 0.29) is 39.7 Å². The first kappa shape index (κ1) is 29.3. The van der Waals surface area contributed by atoms with E-state index < -0.39 is 41.2 Å². The number of hydrogen-bond donors (Lipinski definition) is 2. The van der Waals surface area contributed by atoms with E-state index in [1.807, 2.05) is 0 Å². The van der Waals surface area contributed by atoms with Crippen LogP contribution < -0.4 is 14.4 Å². The summed E-state index contributed by atoms with van der Waals surface area (Å²) in [5.74, 6) is -3.30. The second-order valence-electron chi connectivity index (χ2n) is 8.94. The summed E-state index contributed by atoms with van der Waals surface area (Å²) in [6, 6.07) is 16.0. The lowest BCUT2D eigenvalue weighted by molar-refractivity contribution is -0.152. The van der Waals surface area contributed by atoms with Crippen molar-refractivity contribution in [3.05, 3.63) is 94.0 Å². The van der Waals surface area contributed by atoms with Crippen LogP contribution in [-0.4, -0.2) is 60.3 Å². The number of esters is 1. The van der Waals surface area contributed by atoms with Crippen LogP contribution in [0.5, 0.6) is 11.5 Å². The van der Waals surface area contributed by atoms with Crippen LogP contribution in [0.3, 0.4) is 0 Å². The molecule has 0 saturated carbocycles. The number of hydrogen-bond acceptors (Lipinski definition) is 9. The molecule has 11 heteroatoms. The molecule has 1 aliphatic heterocycles. The Balaban J connectivity index is 2.06. The highest BCUT2D eigenvalue weighted by molar-refractivity contribution is 6.37. The Labute approximate surface area is 240 Å². The van der Waals surface area contributed by atoms with E-state index in [9.17, 15) is 29.4 Å². The van der Waals surface area contributed by atoms with Gasteiger partial charge in [-0.25, -0.2) is 4.79 Å². The standard InChI is InChI=1S/C30H26ClNO9/c1-4-41-24(33)16-30(38)28(35)25(27(34)18-7-12-21(40-3)13-8-18)26(17-5-10-20(39-2)11-6-17)32(30)23-14-9-19(31)15-22(23)29(36)37/h5-15,38H,4,16H2,1-3H3,(H,36,37). The first-order chi connectivity index (χ1) is 19.5. The lowest BCUT2D eigenvalue weighted by Crippen LogP contribution is -2.52. The third-order valence-electron chi connectivity index (χ3n) is 6.49. The van der Waals surface area contributed by atoms with E-state index in [1.54, 1.807) is 31.2 Å². The molecule has 2 N–H and O–H groups in total. The van der Waals surface area contributed by atoms with Gasteiger partial charge in [0.05, 0.1) is 43.3 Å². The smallest absolute Gasteiger partial charge is 0.337 e. The topological polar surface area (TPSA) is 140 Å². The average molecular weight is 580 g/mol. The first-order valence-corrected chi connectivity index (χ1v) is 12.8. The number of anilines is 1. The Kier molecular flexibility index (Phi) is 8.46. The molecule has 41 heavy (non-hydrogen) atoms. The van der Waals surface area contributed by atoms with Crippen molar-refractivity contribution in [3.8, 4) is 11.5 Å². The number of benzene rings is 3. The van der Waals surface area contributed by atoms with Crippen LogP contribution in [0.4, 0.5) is 5.69 Å². The zero-order valence-corrected chi connectivity index (χ0v) is 23.1. The number of ether oxygens (including phenoxy) is 3. The van der Waals surface area contributed by atoms with E-state index in [0.29, 0.717) is 11.5 Å². The summed E-state index contributed by atoms with van der Waals surface area (Å²) in [4.78, 5) is 54.1. The lowest BCUT2D eigenvalue weighted by atomic mass is 9.93. The van der Waals surface area contributed by atoms with Gasteiger partial charge in [0.2, 0.25) is 11.5 Å². The Morgan fingerprint density at radius 1 is 0.927 bits per heavy atom. The molecule has 1 unspecified atom stereocenters. The first-order valence-electron chi connectivity index (χ1n) is 12.4. The summed E-state index contributed by atoms with van der Waals surface area (Å²) < 4.78 is 15.4. The van der Waals surface area contributed by atoms with Crippen LogP contribution >= 0.6 is 11.6 Å². The van der Waals surface area contributed by atoms with Crippen molar-refractivity contribution in [2.45, 2.75) is 19.1 Å². The van der Waals surface area contributed by atoms with Gasteiger partial charge in [-0.1, -0.05) is 11.6 Å². The molecule has 0 bridgehead atoms. The van der Waals surface area contributed by atoms with E-state index in [0.717, 1.165) is 11.0 Å². The van der Waals surface area contributed by atoms with Crippen LogP contribution in [0, 0.1) is 0 Å². The van der Waals surface area contributed by atoms with Gasteiger partial charge in [0.1, 0.15) is 17.9 Å². The van der Waals surface area contributed by atoms with Gasteiger partial charge in [0.25, 0.3) is 0 Å². The number of carboxylic acids is 1. The van der Waals surface area contributed by atoms with E-state index >= 15 is 0 Å². The molecule has 0 radical (unpaired) electrons. The molecule has 1 heterocycles. The molecule has 10 nitrogen and oxygen atoms in total. The number of Topliss-reactive ketones (excluding diaryl/α,β-unsaturated/α-hetero) is 2. The molecule has 0 spiro atoms. The third-order valence-corrected chi connectivity index (χ3v) is 6.72. The second-order valence-corrected chi connectivity index (χ2v) is 9.38. The fraction of sp³-hybridized carbons (Fsp3) is 0.200. The minimum atomic E-state index is -2.73. The van der Waals surface area contributed by atoms with Gasteiger partial charge in [-0.15, -0.1) is 0 Å². The summed E-state index contributed by atoms with van der Waals surface area (Å²) >= 11 is 6.09. The molecule has 3 aromatic carbocycles. The predicted octanol–water partition coefficient (Wildman–Crippen LogP) is 4.38. The zero-order chi connectivity index (χ0) is 29.9. The number of methoxy groups -OCH3 is 2. The summed E-state index contributed by atoms with van der Waals surface area (Å²) in [5.41, 5.74) is -3.50. The van der Waals surface area contributed by atoms with Gasteiger partial charge < -0.3 is 29.3 Å². The molecule has 3 aromatic rings. The average Bonchev–Trinajstić information content (AvgIpc) is 3.18. The second kappa shape index (κ2) is 11.8. The highest BCUT2D eigenvalue weighted by Gasteiger charge is 2.56. The molecule has 1 aliphatic rings. The molecule has 4 rings (SSSR count). The Morgan fingerprint density at radius 3 is 2.05 bits per heavy atom. The van der Waals surface area contributed by atoms with Crippen LogP contribution in [0.15, 0.2) is 72.3 Å². The molecular formula is C30H26ClNO9. The third kappa shape index (κ3) is 5.52. The number of carboxylic acid groups (broad SMARTS) is 1. The molecule has 0 amide bonds. The van der Waals surface area contributed by atoms with Crippen molar-refractivity contribution in [2.75, 3.05) is 25.7 Å². The molecule has 1 atom stereocenters. The summed E-state index contributed by atoms with van der Waals surface area (Å²) in [5, 5.41) is 22.1. The van der Waals surface area contributed by atoms with Crippen LogP contribution in [0.25, 0.3) is 5.70 Å². The number of aromatic carboxylic acids is 1. The molecule has 0 aliphatic carbocycles. The van der Waals surface area contributed by atoms with Crippen molar-refractivity contribution in [3.63, 3.8) is 0 Å². The van der Waals surface area contributed by atoms with Crippen molar-refractivity contribution in [1.82, 2.24) is 0 Å². The maximum Gasteiger partial charge on any atom is 0.337 e. The number of ketones is 2. The highest BCUT2D eigenvalue weighted by atomic mass is 35.5. The van der Waals surface area contributed by atoms with E-state index in [2.05, 4.69) is 0 Å². The van der Waals surface area contributed by atoms with Crippen molar-refractivity contribution >= 4 is 46.5 Å². The molecule has 0 fully saturated rings. The summed E-state index contributed by atoms with van der Waals surface area (Å²) in [6.07, 6.45) is -0.902. The zero-order valence-electron chi connectivity index (χ0n) is 22.3. The Morgan fingerprint density at radius 2 is 1.51 bits per heavy atom. The van der Waals surface area contributed by atoms with Gasteiger partial charge in [0, 0.05) is 10.6 Å². The Bertz CT molecular complexity index is 1550. The van der Waals surface area contributed by atoms with E-state index in [4.69, 9.17) is 25.8 Å². The van der Waals surface area contributed by atoms with Gasteiger partial charge in [-0.2, -0.15) is 0 Å². The molecule has 212 valence electrons. The van der Waals surface area contributed by atoms with Gasteiger partial charge in [-0.05, 0) is 79.2 Å². The van der Waals surface area contributed by atoms with Crippen molar-refractivity contribution < 1.29 is 43.6 Å². The number of halogens is 1.